The lowest BCUT2D eigenvalue weighted by Gasteiger charge is -2.34. The molecule has 2 aromatic carbocycles. The van der Waals surface area contributed by atoms with Gasteiger partial charge < -0.3 is 14.9 Å². The van der Waals surface area contributed by atoms with Crippen molar-refractivity contribution < 1.29 is 14.4 Å². The molecule has 31 heavy (non-hydrogen) atoms. The van der Waals surface area contributed by atoms with E-state index in [1.54, 1.807) is 12.1 Å². The molecule has 2 heterocycles. The molecule has 1 aromatic heterocycles. The molecule has 158 valence electrons. The molecule has 0 saturated carbocycles. The van der Waals surface area contributed by atoms with Gasteiger partial charge in [0.15, 0.2) is 5.78 Å². The van der Waals surface area contributed by atoms with Crippen molar-refractivity contribution in [3.8, 4) is 5.75 Å². The number of hydrogen-bond donors (Lipinski definition) is 2. The van der Waals surface area contributed by atoms with Crippen molar-refractivity contribution in [1.82, 2.24) is 5.16 Å². The van der Waals surface area contributed by atoms with E-state index in [1.165, 1.54) is 5.56 Å². The van der Waals surface area contributed by atoms with Gasteiger partial charge in [-0.3, -0.25) is 4.79 Å². The maximum Gasteiger partial charge on any atom is 0.233 e. The number of Topliss-reactive ketones (excluding diaryl/α,β-unsaturated/α-hetero) is 1. The molecule has 0 bridgehead atoms. The number of fused-ring (bicyclic) bond motifs is 1. The number of phenols is 1. The van der Waals surface area contributed by atoms with Gasteiger partial charge in [0, 0.05) is 29.5 Å². The lowest BCUT2D eigenvalue weighted by Crippen LogP contribution is -2.29. The van der Waals surface area contributed by atoms with Gasteiger partial charge in [-0.25, -0.2) is 0 Å². The summed E-state index contributed by atoms with van der Waals surface area (Å²) in [5, 5.41) is 17.9. The number of hydrogen-bond acceptors (Lipinski definition) is 5. The number of phenolic OH excluding ortho intramolecular Hbond substituents is 1. The van der Waals surface area contributed by atoms with E-state index < -0.39 is 0 Å². The summed E-state index contributed by atoms with van der Waals surface area (Å²) in [4.78, 5) is 13.5. The molecule has 2 atom stereocenters. The van der Waals surface area contributed by atoms with Crippen LogP contribution in [0.5, 0.6) is 5.75 Å². The van der Waals surface area contributed by atoms with Gasteiger partial charge in [0.1, 0.15) is 5.75 Å². The number of nitrogens with zero attached hydrogens (tertiary/aromatic N) is 1. The summed E-state index contributed by atoms with van der Waals surface area (Å²) < 4.78 is 5.59. The maximum atomic E-state index is 13.5. The summed E-state index contributed by atoms with van der Waals surface area (Å²) >= 11 is 0. The van der Waals surface area contributed by atoms with E-state index in [9.17, 15) is 9.90 Å². The monoisotopic (exact) mass is 414 g/mol. The van der Waals surface area contributed by atoms with Crippen molar-refractivity contribution >= 4 is 11.7 Å². The summed E-state index contributed by atoms with van der Waals surface area (Å²) in [6, 6.07) is 15.8. The van der Waals surface area contributed by atoms with Gasteiger partial charge in [-0.1, -0.05) is 61.5 Å². The second kappa shape index (κ2) is 7.41. The number of rotatable bonds is 3. The summed E-state index contributed by atoms with van der Waals surface area (Å²) in [5.74, 6) is 1.12. The van der Waals surface area contributed by atoms with Gasteiger partial charge in [-0.05, 0) is 42.0 Å². The smallest absolute Gasteiger partial charge is 0.233 e. The van der Waals surface area contributed by atoms with E-state index in [-0.39, 0.29) is 23.4 Å². The minimum absolute atomic E-state index is 0.0746. The first-order chi connectivity index (χ1) is 14.9. The zero-order valence-corrected chi connectivity index (χ0v) is 18.0. The molecule has 2 N–H and O–H groups in total. The second-order valence-corrected chi connectivity index (χ2v) is 8.87. The van der Waals surface area contributed by atoms with E-state index in [1.807, 2.05) is 19.1 Å². The summed E-state index contributed by atoms with van der Waals surface area (Å²) in [6.45, 7) is 6.27. The van der Waals surface area contributed by atoms with Crippen LogP contribution in [0.1, 0.15) is 72.4 Å². The van der Waals surface area contributed by atoms with E-state index in [0.29, 0.717) is 24.6 Å². The fourth-order valence-electron chi connectivity index (χ4n) is 4.93. The molecule has 0 fully saturated rings. The van der Waals surface area contributed by atoms with Gasteiger partial charge in [0.2, 0.25) is 5.88 Å². The minimum atomic E-state index is -0.198. The topological polar surface area (TPSA) is 75.4 Å². The molecule has 1 aliphatic heterocycles. The van der Waals surface area contributed by atoms with Crippen LogP contribution < -0.4 is 5.32 Å². The Morgan fingerprint density at radius 2 is 1.84 bits per heavy atom. The average molecular weight is 415 g/mol. The molecular formula is C26H26N2O3. The standard InChI is InChI=1S/C26H26N2O3/c1-14(2)16-8-10-17(11-9-16)24-23-15(3)28-31-26(23)27-20-12-18(13-22(30)25(20)24)19-6-4-5-7-21(19)29/h4-11,14,18,24,27,29H,12-13H2,1-3H3/t18-,24-/m0/s1. The Morgan fingerprint density at radius 3 is 2.55 bits per heavy atom. The number of allylic oxidation sites excluding steroid dienone is 2. The zero-order chi connectivity index (χ0) is 21.7. The second-order valence-electron chi connectivity index (χ2n) is 8.87. The first kappa shape index (κ1) is 19.6. The zero-order valence-electron chi connectivity index (χ0n) is 18.0. The van der Waals surface area contributed by atoms with Crippen LogP contribution >= 0.6 is 0 Å². The Kier molecular flexibility index (Phi) is 4.69. The molecule has 5 heteroatoms. The molecule has 0 saturated heterocycles. The number of aromatic nitrogens is 1. The van der Waals surface area contributed by atoms with Crippen LogP contribution in [0.15, 0.2) is 64.3 Å². The fraction of sp³-hybridized carbons (Fsp3) is 0.308. The van der Waals surface area contributed by atoms with Crippen molar-refractivity contribution in [2.24, 2.45) is 0 Å². The fourth-order valence-corrected chi connectivity index (χ4v) is 4.93. The Balaban J connectivity index is 1.61. The van der Waals surface area contributed by atoms with Crippen LogP contribution in [-0.4, -0.2) is 16.0 Å². The van der Waals surface area contributed by atoms with Crippen LogP contribution in [-0.2, 0) is 4.79 Å². The van der Waals surface area contributed by atoms with Gasteiger partial charge >= 0.3 is 0 Å². The number of carbonyl (C=O) groups is 1. The number of nitrogens with one attached hydrogen (secondary N) is 1. The van der Waals surface area contributed by atoms with Crippen LogP contribution in [0, 0.1) is 6.92 Å². The highest BCUT2D eigenvalue weighted by molar-refractivity contribution is 6.01. The number of benzene rings is 2. The quantitative estimate of drug-likeness (QED) is 0.569. The van der Waals surface area contributed by atoms with Crippen molar-refractivity contribution in [3.63, 3.8) is 0 Å². The third kappa shape index (κ3) is 3.25. The van der Waals surface area contributed by atoms with Crippen LogP contribution in [0.3, 0.4) is 0 Å². The predicted molar refractivity (Wildman–Crippen MR) is 119 cm³/mol. The molecule has 0 radical (unpaired) electrons. The molecule has 2 aliphatic rings. The molecule has 0 amide bonds. The largest absolute Gasteiger partial charge is 0.508 e. The van der Waals surface area contributed by atoms with Gasteiger partial charge in [-0.15, -0.1) is 0 Å². The number of anilines is 1. The van der Waals surface area contributed by atoms with Crippen molar-refractivity contribution in [2.45, 2.75) is 51.4 Å². The van der Waals surface area contributed by atoms with Crippen molar-refractivity contribution in [1.29, 1.82) is 0 Å². The maximum absolute atomic E-state index is 13.5. The molecule has 5 nitrogen and oxygen atoms in total. The van der Waals surface area contributed by atoms with E-state index >= 15 is 0 Å². The summed E-state index contributed by atoms with van der Waals surface area (Å²) in [5.41, 5.74) is 6.53. The Morgan fingerprint density at radius 1 is 1.10 bits per heavy atom. The molecule has 1 aliphatic carbocycles. The normalized spacial score (nSPS) is 20.5. The van der Waals surface area contributed by atoms with Gasteiger partial charge in [0.05, 0.1) is 11.3 Å². The van der Waals surface area contributed by atoms with Crippen LogP contribution in [0.2, 0.25) is 0 Å². The van der Waals surface area contributed by atoms with E-state index in [2.05, 4.69) is 48.6 Å². The summed E-state index contributed by atoms with van der Waals surface area (Å²) in [6.07, 6.45) is 1.01. The number of aromatic hydroxyl groups is 1. The molecular weight excluding hydrogens is 388 g/mol. The number of aryl methyl sites for hydroxylation is 1. The van der Waals surface area contributed by atoms with E-state index in [0.717, 1.165) is 33.7 Å². The molecule has 0 spiro atoms. The predicted octanol–water partition coefficient (Wildman–Crippen LogP) is 5.77. The first-order valence-electron chi connectivity index (χ1n) is 10.8. The highest BCUT2D eigenvalue weighted by Crippen LogP contribution is 2.49. The SMILES string of the molecule is Cc1noc2c1[C@H](c1ccc(C(C)C)cc1)C1=C(C[C@H](c3ccccc3O)CC1=O)N2. The first-order valence-corrected chi connectivity index (χ1v) is 10.8. The Bertz CT molecular complexity index is 1190. The Hall–Kier alpha value is -3.34. The Labute approximate surface area is 181 Å². The molecule has 5 rings (SSSR count). The summed E-state index contributed by atoms with van der Waals surface area (Å²) in [7, 11) is 0. The highest BCUT2D eigenvalue weighted by Gasteiger charge is 2.41. The van der Waals surface area contributed by atoms with Crippen molar-refractivity contribution in [2.75, 3.05) is 5.32 Å². The average Bonchev–Trinajstić information content (AvgIpc) is 3.13. The molecule has 3 aromatic rings. The lowest BCUT2D eigenvalue weighted by molar-refractivity contribution is -0.116. The molecule has 0 unspecified atom stereocenters. The van der Waals surface area contributed by atoms with Crippen molar-refractivity contribution in [3.05, 3.63) is 87.7 Å². The third-order valence-corrected chi connectivity index (χ3v) is 6.57. The van der Waals surface area contributed by atoms with Crippen LogP contribution in [0.4, 0.5) is 5.88 Å². The van der Waals surface area contributed by atoms with Gasteiger partial charge in [-0.2, -0.15) is 0 Å². The minimum Gasteiger partial charge on any atom is -0.508 e. The van der Waals surface area contributed by atoms with Crippen LogP contribution in [0.25, 0.3) is 0 Å². The highest BCUT2D eigenvalue weighted by atomic mass is 16.5. The number of ketones is 1. The number of carbonyl (C=O) groups excluding carboxylic acids is 1. The third-order valence-electron chi connectivity index (χ3n) is 6.57. The lowest BCUT2D eigenvalue weighted by atomic mass is 9.72. The van der Waals surface area contributed by atoms with E-state index in [4.69, 9.17) is 4.52 Å². The van der Waals surface area contributed by atoms with Gasteiger partial charge in [0.25, 0.3) is 0 Å². The number of para-hydroxylation sites is 1.